The highest BCUT2D eigenvalue weighted by Crippen LogP contribution is 2.12. The minimum atomic E-state index is -0.682. The number of ether oxygens (including phenoxy) is 4. The number of hydrogen-bond donors (Lipinski definition) is 0. The lowest BCUT2D eigenvalue weighted by molar-refractivity contribution is -0.158. The lowest BCUT2D eigenvalue weighted by Gasteiger charge is -2.33. The van der Waals surface area contributed by atoms with E-state index < -0.39 is 40.3 Å². The van der Waals surface area contributed by atoms with Gasteiger partial charge in [-0.3, -0.25) is 33.8 Å². The molecule has 0 aromatic rings. The van der Waals surface area contributed by atoms with E-state index in [2.05, 4.69) is 0 Å². The molecule has 0 saturated carbocycles. The number of hydrogen-bond acceptors (Lipinski definition) is 13. The molecule has 1 aliphatic heterocycles. The summed E-state index contributed by atoms with van der Waals surface area (Å²) in [5.74, 6) is -2.03. The Morgan fingerprint density at radius 2 is 0.796 bits per heavy atom. The van der Waals surface area contributed by atoms with Gasteiger partial charge in [-0.25, -0.2) is 0 Å². The number of carbonyl (C=O) groups is 5. The summed E-state index contributed by atoms with van der Waals surface area (Å²) in [6, 6.07) is 0. The number of likely N-dealkylation sites (N-methyl/N-ethyl adjacent to an activating group) is 1. The highest BCUT2D eigenvalue weighted by Gasteiger charge is 2.26. The fourth-order valence-electron chi connectivity index (χ4n) is 4.57. The fraction of sp³-hybridized carbons (Fsp3) is 0.800. The van der Waals surface area contributed by atoms with Crippen LogP contribution in [0.2, 0.25) is 0 Å². The molecule has 0 aromatic carbocycles. The number of amides is 1. The Hall–Kier alpha value is -3.39. The molecule has 1 rings (SSSR count). The van der Waals surface area contributed by atoms with Crippen molar-refractivity contribution in [2.45, 2.75) is 105 Å². The summed E-state index contributed by atoms with van der Waals surface area (Å²) >= 11 is 0. The van der Waals surface area contributed by atoms with Crippen molar-refractivity contribution in [1.82, 2.24) is 24.5 Å². The molecule has 0 atom stereocenters. The van der Waals surface area contributed by atoms with Crippen molar-refractivity contribution < 1.29 is 42.9 Å². The van der Waals surface area contributed by atoms with Gasteiger partial charge in [0.2, 0.25) is 5.91 Å². The SMILES string of the molecule is CN(CC(=O)OC(C)(C)C)C(=O)CN1/C=C\N(CC(=O)OC(C)(C)C)CCN(CC(=O)OC(C)(C)C)CCN(CC(=O)OC(C)(C)C)CC1. The van der Waals surface area contributed by atoms with E-state index in [0.29, 0.717) is 39.3 Å². The van der Waals surface area contributed by atoms with Crippen LogP contribution in [0.25, 0.3) is 0 Å². The molecule has 0 aromatic heterocycles. The van der Waals surface area contributed by atoms with Crippen LogP contribution in [0.4, 0.5) is 0 Å². The standard InChI is InChI=1S/C35H63N5O9/c1-32(2,3)46-28(42)23-36(13)27(41)22-37-14-16-38(24-29(43)47-33(4,5)6)18-20-40(26-31(45)49-35(10,11)12)21-19-39(17-15-37)25-30(44)48-34(7,8)9/h14,16H,15,17-26H2,1-13H3/b16-14-. The van der Waals surface area contributed by atoms with E-state index in [0.717, 1.165) is 0 Å². The van der Waals surface area contributed by atoms with E-state index in [4.69, 9.17) is 18.9 Å². The number of nitrogens with zero attached hydrogens (tertiary/aromatic N) is 5. The molecule has 1 amide bonds. The number of esters is 4. The van der Waals surface area contributed by atoms with Crippen molar-refractivity contribution >= 4 is 29.8 Å². The Kier molecular flexibility index (Phi) is 16.5. The molecule has 1 heterocycles. The van der Waals surface area contributed by atoms with Gasteiger partial charge in [-0.1, -0.05) is 0 Å². The predicted molar refractivity (Wildman–Crippen MR) is 186 cm³/mol. The van der Waals surface area contributed by atoms with Gasteiger partial charge < -0.3 is 33.6 Å². The molecular weight excluding hydrogens is 634 g/mol. The Morgan fingerprint density at radius 1 is 0.490 bits per heavy atom. The maximum Gasteiger partial charge on any atom is 0.326 e. The lowest BCUT2D eigenvalue weighted by Crippen LogP contribution is -2.47. The van der Waals surface area contributed by atoms with Crippen molar-refractivity contribution in [2.75, 3.05) is 79.0 Å². The highest BCUT2D eigenvalue weighted by molar-refractivity contribution is 5.83. The van der Waals surface area contributed by atoms with Crippen molar-refractivity contribution in [3.05, 3.63) is 12.4 Å². The van der Waals surface area contributed by atoms with Gasteiger partial charge in [-0.05, 0) is 83.1 Å². The quantitative estimate of drug-likeness (QED) is 0.244. The van der Waals surface area contributed by atoms with Gasteiger partial charge in [-0.15, -0.1) is 0 Å². The second kappa shape index (κ2) is 18.6. The van der Waals surface area contributed by atoms with Gasteiger partial charge in [-0.2, -0.15) is 0 Å². The molecule has 0 bridgehead atoms. The van der Waals surface area contributed by atoms with Crippen LogP contribution in [0.5, 0.6) is 0 Å². The van der Waals surface area contributed by atoms with Crippen molar-refractivity contribution in [3.8, 4) is 0 Å². The summed E-state index contributed by atoms with van der Waals surface area (Å²) in [7, 11) is 1.54. The zero-order valence-corrected chi connectivity index (χ0v) is 32.3. The Bertz CT molecular complexity index is 1150. The van der Waals surface area contributed by atoms with Gasteiger partial charge in [0.25, 0.3) is 0 Å². The molecule has 14 nitrogen and oxygen atoms in total. The van der Waals surface area contributed by atoms with Gasteiger partial charge in [0.05, 0.1) is 19.6 Å². The summed E-state index contributed by atoms with van der Waals surface area (Å²) in [5, 5.41) is 0. The molecule has 0 aliphatic carbocycles. The lowest BCUT2D eigenvalue weighted by atomic mass is 10.2. The Balaban J connectivity index is 3.36. The van der Waals surface area contributed by atoms with E-state index >= 15 is 0 Å². The first kappa shape index (κ1) is 43.6. The van der Waals surface area contributed by atoms with Crippen molar-refractivity contribution in [3.63, 3.8) is 0 Å². The number of carbonyl (C=O) groups excluding carboxylic acids is 5. The van der Waals surface area contributed by atoms with Crippen molar-refractivity contribution in [2.24, 2.45) is 0 Å². The maximum absolute atomic E-state index is 13.3. The van der Waals surface area contributed by atoms with Crippen molar-refractivity contribution in [1.29, 1.82) is 0 Å². The van der Waals surface area contributed by atoms with Crippen LogP contribution in [0.1, 0.15) is 83.1 Å². The molecule has 0 fully saturated rings. The third-order valence-electron chi connectivity index (χ3n) is 6.48. The predicted octanol–water partition coefficient (Wildman–Crippen LogP) is 2.50. The molecule has 0 N–H and O–H groups in total. The van der Waals surface area contributed by atoms with E-state index in [9.17, 15) is 24.0 Å². The minimum Gasteiger partial charge on any atom is -0.459 e. The maximum atomic E-state index is 13.3. The van der Waals surface area contributed by atoms with E-state index in [1.165, 1.54) is 11.9 Å². The van der Waals surface area contributed by atoms with Crippen LogP contribution < -0.4 is 0 Å². The third kappa shape index (κ3) is 22.0. The largest absolute Gasteiger partial charge is 0.459 e. The molecule has 1 aliphatic rings. The van der Waals surface area contributed by atoms with Crippen LogP contribution >= 0.6 is 0 Å². The fourth-order valence-corrected chi connectivity index (χ4v) is 4.57. The molecule has 49 heavy (non-hydrogen) atoms. The Labute approximate surface area is 294 Å². The number of rotatable bonds is 10. The molecule has 0 spiro atoms. The third-order valence-corrected chi connectivity index (χ3v) is 6.48. The normalized spacial score (nSPS) is 16.9. The van der Waals surface area contributed by atoms with E-state index in [-0.39, 0.29) is 44.6 Å². The molecule has 0 unspecified atom stereocenters. The molecule has 0 saturated heterocycles. The summed E-state index contributed by atoms with van der Waals surface area (Å²) in [6.07, 6.45) is 3.44. The topological polar surface area (TPSA) is 138 Å². The molecular formula is C35H63N5O9. The van der Waals surface area contributed by atoms with Crippen LogP contribution in [-0.2, 0) is 42.9 Å². The average molecular weight is 698 g/mol. The van der Waals surface area contributed by atoms with Crippen LogP contribution in [0, 0.1) is 0 Å². The molecule has 0 radical (unpaired) electrons. The first-order chi connectivity index (χ1) is 22.2. The Morgan fingerprint density at radius 3 is 1.16 bits per heavy atom. The first-order valence-corrected chi connectivity index (χ1v) is 16.9. The summed E-state index contributed by atoms with van der Waals surface area (Å²) < 4.78 is 22.1. The van der Waals surface area contributed by atoms with Gasteiger partial charge in [0.1, 0.15) is 35.5 Å². The molecule has 282 valence electrons. The van der Waals surface area contributed by atoms with Crippen LogP contribution in [0.3, 0.4) is 0 Å². The van der Waals surface area contributed by atoms with Crippen LogP contribution in [-0.4, -0.2) is 156 Å². The highest BCUT2D eigenvalue weighted by atomic mass is 16.6. The monoisotopic (exact) mass is 697 g/mol. The second-order valence-corrected chi connectivity index (χ2v) is 16.4. The average Bonchev–Trinajstić information content (AvgIpc) is 2.85. The summed E-state index contributed by atoms with van der Waals surface area (Å²) in [5.41, 5.74) is -2.67. The van der Waals surface area contributed by atoms with Gasteiger partial charge in [0.15, 0.2) is 0 Å². The zero-order chi connectivity index (χ0) is 37.8. The zero-order valence-electron chi connectivity index (χ0n) is 32.3. The second-order valence-electron chi connectivity index (χ2n) is 16.4. The van der Waals surface area contributed by atoms with Gasteiger partial charge in [0, 0.05) is 58.7 Å². The van der Waals surface area contributed by atoms with E-state index in [1.807, 2.05) is 30.6 Å². The van der Waals surface area contributed by atoms with Crippen LogP contribution in [0.15, 0.2) is 12.4 Å². The summed E-state index contributed by atoms with van der Waals surface area (Å²) in [4.78, 5) is 73.0. The van der Waals surface area contributed by atoms with E-state index in [1.54, 1.807) is 84.5 Å². The smallest absolute Gasteiger partial charge is 0.326 e. The van der Waals surface area contributed by atoms with Gasteiger partial charge >= 0.3 is 23.9 Å². The molecule has 14 heteroatoms. The first-order valence-electron chi connectivity index (χ1n) is 16.9. The minimum absolute atomic E-state index is 0.00631. The summed E-state index contributed by atoms with van der Waals surface area (Å²) in [6.45, 7) is 23.5.